The summed E-state index contributed by atoms with van der Waals surface area (Å²) in [5.41, 5.74) is 10.4. The smallest absolute Gasteiger partial charge is 0.164 e. The summed E-state index contributed by atoms with van der Waals surface area (Å²) in [5, 5.41) is 5.54. The second-order valence-electron chi connectivity index (χ2n) is 5.24. The number of nitrogens with zero attached hydrogens (tertiary/aromatic N) is 4. The van der Waals surface area contributed by atoms with E-state index >= 15 is 0 Å². The maximum atomic E-state index is 5.96. The molecule has 0 saturated carbocycles. The van der Waals surface area contributed by atoms with Crippen LogP contribution in [-0.2, 0) is 6.42 Å². The fourth-order valence-corrected chi connectivity index (χ4v) is 3.18. The number of hydrogen-bond donors (Lipinski definition) is 1. The van der Waals surface area contributed by atoms with Gasteiger partial charge in [0.25, 0.3) is 0 Å². The summed E-state index contributed by atoms with van der Waals surface area (Å²) in [7, 11) is 0. The first-order chi connectivity index (χ1) is 9.75. The van der Waals surface area contributed by atoms with E-state index in [2.05, 4.69) is 39.3 Å². The standard InChI is InChI=1S/C15H15N5/c1-9-13-14(16)17-8-18-15(13)20(19-9)12-7-6-10-4-2-3-5-11(10)12/h2-5,8,12H,6-7H2,1H3,(H2,16,17,18). The van der Waals surface area contributed by atoms with E-state index in [1.807, 2.05) is 11.6 Å². The molecule has 0 bridgehead atoms. The second-order valence-corrected chi connectivity index (χ2v) is 5.24. The molecule has 0 aliphatic heterocycles. The molecule has 0 amide bonds. The lowest BCUT2D eigenvalue weighted by molar-refractivity contribution is 0.529. The molecule has 1 aromatic carbocycles. The molecule has 20 heavy (non-hydrogen) atoms. The molecule has 1 aliphatic rings. The number of rotatable bonds is 1. The van der Waals surface area contributed by atoms with Crippen LogP contribution in [0, 0.1) is 6.92 Å². The van der Waals surface area contributed by atoms with Crippen LogP contribution < -0.4 is 5.73 Å². The van der Waals surface area contributed by atoms with Crippen LogP contribution in [0.2, 0.25) is 0 Å². The zero-order valence-electron chi connectivity index (χ0n) is 11.2. The zero-order valence-corrected chi connectivity index (χ0v) is 11.2. The molecular formula is C15H15N5. The van der Waals surface area contributed by atoms with Gasteiger partial charge in [0.1, 0.15) is 12.1 Å². The zero-order chi connectivity index (χ0) is 13.7. The summed E-state index contributed by atoms with van der Waals surface area (Å²) in [6, 6.07) is 8.79. The van der Waals surface area contributed by atoms with Crippen molar-refractivity contribution in [3.63, 3.8) is 0 Å². The Bertz CT molecular complexity index is 805. The van der Waals surface area contributed by atoms with Crippen molar-refractivity contribution in [2.75, 3.05) is 5.73 Å². The number of anilines is 1. The lowest BCUT2D eigenvalue weighted by Crippen LogP contribution is -2.10. The summed E-state index contributed by atoms with van der Waals surface area (Å²) in [6.45, 7) is 1.96. The molecule has 3 aromatic rings. The highest BCUT2D eigenvalue weighted by molar-refractivity contribution is 5.88. The van der Waals surface area contributed by atoms with Crippen LogP contribution in [0.25, 0.3) is 11.0 Å². The summed E-state index contributed by atoms with van der Waals surface area (Å²) in [6.07, 6.45) is 3.65. The molecule has 0 saturated heterocycles. The Morgan fingerprint density at radius 3 is 3.00 bits per heavy atom. The van der Waals surface area contributed by atoms with Gasteiger partial charge in [0, 0.05) is 0 Å². The van der Waals surface area contributed by atoms with Crippen molar-refractivity contribution in [2.24, 2.45) is 0 Å². The number of aromatic nitrogens is 4. The quantitative estimate of drug-likeness (QED) is 0.732. The van der Waals surface area contributed by atoms with Crippen molar-refractivity contribution in [3.05, 3.63) is 47.4 Å². The van der Waals surface area contributed by atoms with Crippen LogP contribution >= 0.6 is 0 Å². The van der Waals surface area contributed by atoms with E-state index in [0.29, 0.717) is 5.82 Å². The fraction of sp³-hybridized carbons (Fsp3) is 0.267. The number of aryl methyl sites for hydroxylation is 2. The third-order valence-corrected chi connectivity index (χ3v) is 4.09. The Balaban J connectivity index is 1.95. The van der Waals surface area contributed by atoms with E-state index < -0.39 is 0 Å². The summed E-state index contributed by atoms with van der Waals surface area (Å²) < 4.78 is 2.01. The van der Waals surface area contributed by atoms with Gasteiger partial charge < -0.3 is 5.73 Å². The van der Waals surface area contributed by atoms with E-state index in [1.165, 1.54) is 17.5 Å². The van der Waals surface area contributed by atoms with E-state index in [9.17, 15) is 0 Å². The predicted octanol–water partition coefficient (Wildman–Crippen LogP) is 2.25. The lowest BCUT2D eigenvalue weighted by atomic mass is 10.1. The highest BCUT2D eigenvalue weighted by Crippen LogP contribution is 2.36. The van der Waals surface area contributed by atoms with Gasteiger partial charge in [0.15, 0.2) is 5.65 Å². The van der Waals surface area contributed by atoms with Crippen LogP contribution in [0.1, 0.15) is 29.3 Å². The van der Waals surface area contributed by atoms with Gasteiger partial charge in [-0.15, -0.1) is 0 Å². The minimum absolute atomic E-state index is 0.247. The lowest BCUT2D eigenvalue weighted by Gasteiger charge is -2.13. The Kier molecular flexibility index (Phi) is 2.30. The van der Waals surface area contributed by atoms with Gasteiger partial charge in [0.2, 0.25) is 0 Å². The van der Waals surface area contributed by atoms with Crippen LogP contribution in [0.4, 0.5) is 5.82 Å². The van der Waals surface area contributed by atoms with Gasteiger partial charge in [-0.3, -0.25) is 0 Å². The van der Waals surface area contributed by atoms with Crippen molar-refractivity contribution in [1.82, 2.24) is 19.7 Å². The van der Waals surface area contributed by atoms with Crippen LogP contribution in [0.3, 0.4) is 0 Å². The van der Waals surface area contributed by atoms with Crippen molar-refractivity contribution >= 4 is 16.9 Å². The molecule has 0 fully saturated rings. The maximum absolute atomic E-state index is 5.96. The molecule has 2 heterocycles. The third kappa shape index (κ3) is 1.46. The molecule has 0 radical (unpaired) electrons. The van der Waals surface area contributed by atoms with Crippen molar-refractivity contribution in [3.8, 4) is 0 Å². The Morgan fingerprint density at radius 1 is 1.25 bits per heavy atom. The number of hydrogen-bond acceptors (Lipinski definition) is 4. The van der Waals surface area contributed by atoms with Gasteiger partial charge in [-0.1, -0.05) is 24.3 Å². The second kappa shape index (κ2) is 4.03. The van der Waals surface area contributed by atoms with Gasteiger partial charge >= 0.3 is 0 Å². The first kappa shape index (κ1) is 11.4. The topological polar surface area (TPSA) is 69.6 Å². The molecule has 0 spiro atoms. The van der Waals surface area contributed by atoms with E-state index in [-0.39, 0.29) is 6.04 Å². The minimum Gasteiger partial charge on any atom is -0.383 e. The van der Waals surface area contributed by atoms with E-state index in [0.717, 1.165) is 29.6 Å². The predicted molar refractivity (Wildman–Crippen MR) is 77.4 cm³/mol. The maximum Gasteiger partial charge on any atom is 0.164 e. The molecular weight excluding hydrogens is 250 g/mol. The van der Waals surface area contributed by atoms with Crippen molar-refractivity contribution < 1.29 is 0 Å². The SMILES string of the molecule is Cc1nn(C2CCc3ccccc32)c2ncnc(N)c12. The molecule has 1 atom stereocenters. The van der Waals surface area contributed by atoms with Crippen LogP contribution in [-0.4, -0.2) is 19.7 Å². The van der Waals surface area contributed by atoms with Gasteiger partial charge in [-0.05, 0) is 30.9 Å². The largest absolute Gasteiger partial charge is 0.383 e. The highest BCUT2D eigenvalue weighted by Gasteiger charge is 2.27. The molecule has 100 valence electrons. The first-order valence-electron chi connectivity index (χ1n) is 6.79. The molecule has 1 aliphatic carbocycles. The Labute approximate surface area is 116 Å². The Morgan fingerprint density at radius 2 is 2.10 bits per heavy atom. The molecule has 5 heteroatoms. The van der Waals surface area contributed by atoms with Gasteiger partial charge in [-0.25, -0.2) is 14.6 Å². The highest BCUT2D eigenvalue weighted by atomic mass is 15.3. The summed E-state index contributed by atoms with van der Waals surface area (Å²) in [4.78, 5) is 8.46. The third-order valence-electron chi connectivity index (χ3n) is 4.09. The summed E-state index contributed by atoms with van der Waals surface area (Å²) in [5.74, 6) is 0.505. The monoisotopic (exact) mass is 265 g/mol. The summed E-state index contributed by atoms with van der Waals surface area (Å²) >= 11 is 0. The molecule has 4 rings (SSSR count). The first-order valence-corrected chi connectivity index (χ1v) is 6.79. The van der Waals surface area contributed by atoms with Gasteiger partial charge in [0.05, 0.1) is 17.1 Å². The molecule has 2 N–H and O–H groups in total. The van der Waals surface area contributed by atoms with Crippen molar-refractivity contribution in [1.29, 1.82) is 0 Å². The number of nitrogens with two attached hydrogens (primary N) is 1. The van der Waals surface area contributed by atoms with Gasteiger partial charge in [-0.2, -0.15) is 5.10 Å². The number of fused-ring (bicyclic) bond motifs is 2. The minimum atomic E-state index is 0.247. The Hall–Kier alpha value is -2.43. The van der Waals surface area contributed by atoms with Crippen LogP contribution in [0.15, 0.2) is 30.6 Å². The number of nitrogen functional groups attached to an aromatic ring is 1. The molecule has 2 aromatic heterocycles. The molecule has 1 unspecified atom stereocenters. The van der Waals surface area contributed by atoms with Crippen molar-refractivity contribution in [2.45, 2.75) is 25.8 Å². The normalized spacial score (nSPS) is 17.6. The van der Waals surface area contributed by atoms with Crippen LogP contribution in [0.5, 0.6) is 0 Å². The average Bonchev–Trinajstić information content (AvgIpc) is 3.01. The number of benzene rings is 1. The molecule has 5 nitrogen and oxygen atoms in total. The van der Waals surface area contributed by atoms with E-state index in [1.54, 1.807) is 0 Å². The fourth-order valence-electron chi connectivity index (χ4n) is 3.18. The average molecular weight is 265 g/mol. The van der Waals surface area contributed by atoms with E-state index in [4.69, 9.17) is 5.73 Å².